The van der Waals surface area contributed by atoms with E-state index in [1.54, 1.807) is 11.0 Å². The molecule has 1 fully saturated rings. The molecule has 146 valence electrons. The van der Waals surface area contributed by atoms with E-state index >= 15 is 0 Å². The summed E-state index contributed by atoms with van der Waals surface area (Å²) >= 11 is 6.89. The van der Waals surface area contributed by atoms with E-state index in [1.807, 2.05) is 30.3 Å². The van der Waals surface area contributed by atoms with E-state index in [4.69, 9.17) is 16.3 Å². The topological polar surface area (TPSA) is 66.9 Å². The van der Waals surface area contributed by atoms with Crippen LogP contribution in [-0.2, 0) is 26.2 Å². The lowest BCUT2D eigenvalue weighted by molar-refractivity contribution is -0.133. The number of benzene rings is 1. The maximum atomic E-state index is 12.6. The molecule has 1 saturated heterocycles. The van der Waals surface area contributed by atoms with Crippen LogP contribution in [0, 0.1) is 0 Å². The summed E-state index contributed by atoms with van der Waals surface area (Å²) in [4.78, 5) is 14.0. The SMILES string of the molecule is O=C(CCOCc1ccccc1)N1CCN(S(=O)(=O)c2ccc(Cl)s2)CC1. The van der Waals surface area contributed by atoms with Crippen molar-refractivity contribution in [3.8, 4) is 0 Å². The minimum atomic E-state index is -3.54. The first-order valence-electron chi connectivity index (χ1n) is 8.62. The Morgan fingerprint density at radius 3 is 2.41 bits per heavy atom. The highest BCUT2D eigenvalue weighted by molar-refractivity contribution is 7.91. The number of hydrogen-bond acceptors (Lipinski definition) is 5. The molecule has 0 atom stereocenters. The average Bonchev–Trinajstić information content (AvgIpc) is 3.13. The van der Waals surface area contributed by atoms with Gasteiger partial charge in [0.2, 0.25) is 5.91 Å². The van der Waals surface area contributed by atoms with Crippen molar-refractivity contribution in [2.45, 2.75) is 17.2 Å². The number of sulfonamides is 1. The summed E-state index contributed by atoms with van der Waals surface area (Å²) in [5.74, 6) is -0.0146. The summed E-state index contributed by atoms with van der Waals surface area (Å²) in [6.07, 6.45) is 0.292. The van der Waals surface area contributed by atoms with Gasteiger partial charge in [-0.3, -0.25) is 4.79 Å². The van der Waals surface area contributed by atoms with Gasteiger partial charge in [-0.15, -0.1) is 11.3 Å². The summed E-state index contributed by atoms with van der Waals surface area (Å²) in [5, 5.41) is 0. The van der Waals surface area contributed by atoms with Crippen molar-refractivity contribution in [1.82, 2.24) is 9.21 Å². The lowest BCUT2D eigenvalue weighted by Gasteiger charge is -2.33. The molecule has 1 aliphatic rings. The van der Waals surface area contributed by atoms with Crippen LogP contribution < -0.4 is 0 Å². The van der Waals surface area contributed by atoms with Gasteiger partial charge < -0.3 is 9.64 Å². The molecule has 0 N–H and O–H groups in total. The molecule has 1 aliphatic heterocycles. The molecule has 0 spiro atoms. The second kappa shape index (κ2) is 9.16. The molecule has 0 bridgehead atoms. The predicted octanol–water partition coefficient (Wildman–Crippen LogP) is 2.84. The number of piperazine rings is 1. The molecule has 27 heavy (non-hydrogen) atoms. The fourth-order valence-electron chi connectivity index (χ4n) is 2.82. The Morgan fingerprint density at radius 2 is 1.78 bits per heavy atom. The number of rotatable bonds is 7. The number of amides is 1. The van der Waals surface area contributed by atoms with Gasteiger partial charge in [-0.05, 0) is 17.7 Å². The molecule has 0 unspecified atom stereocenters. The summed E-state index contributed by atoms with van der Waals surface area (Å²) in [6, 6.07) is 12.9. The van der Waals surface area contributed by atoms with Crippen molar-refractivity contribution in [3.05, 3.63) is 52.4 Å². The van der Waals surface area contributed by atoms with Crippen molar-refractivity contribution >= 4 is 38.9 Å². The lowest BCUT2D eigenvalue weighted by atomic mass is 10.2. The van der Waals surface area contributed by atoms with Gasteiger partial charge in [0.05, 0.1) is 24.0 Å². The monoisotopic (exact) mass is 428 g/mol. The molecule has 6 nitrogen and oxygen atoms in total. The highest BCUT2D eigenvalue weighted by Crippen LogP contribution is 2.28. The van der Waals surface area contributed by atoms with Crippen molar-refractivity contribution in [2.75, 3.05) is 32.8 Å². The molecule has 1 aromatic heterocycles. The lowest BCUT2D eigenvalue weighted by Crippen LogP contribution is -2.50. The van der Waals surface area contributed by atoms with E-state index in [-0.39, 0.29) is 23.2 Å². The molecular weight excluding hydrogens is 408 g/mol. The number of thiophene rings is 1. The number of carbonyl (C=O) groups is 1. The normalized spacial score (nSPS) is 15.8. The third-order valence-corrected chi connectivity index (χ3v) is 7.90. The Bertz CT molecular complexity index is 862. The molecule has 0 saturated carbocycles. The van der Waals surface area contributed by atoms with Crippen LogP contribution in [0.2, 0.25) is 4.34 Å². The van der Waals surface area contributed by atoms with Crippen LogP contribution in [0.25, 0.3) is 0 Å². The average molecular weight is 429 g/mol. The molecular formula is C18H21ClN2O4S2. The van der Waals surface area contributed by atoms with Crippen LogP contribution in [-0.4, -0.2) is 56.3 Å². The molecule has 1 amide bonds. The maximum Gasteiger partial charge on any atom is 0.252 e. The molecule has 2 heterocycles. The zero-order chi connectivity index (χ0) is 19.3. The third kappa shape index (κ3) is 5.30. The summed E-state index contributed by atoms with van der Waals surface area (Å²) in [6.45, 7) is 2.16. The quantitative estimate of drug-likeness (QED) is 0.636. The van der Waals surface area contributed by atoms with Crippen LogP contribution in [0.4, 0.5) is 0 Å². The minimum Gasteiger partial charge on any atom is -0.376 e. The van der Waals surface area contributed by atoms with Crippen molar-refractivity contribution in [2.24, 2.45) is 0 Å². The Morgan fingerprint density at radius 1 is 1.07 bits per heavy atom. The fourth-order valence-corrected chi connectivity index (χ4v) is 5.88. The Labute approximate surface area is 168 Å². The highest BCUT2D eigenvalue weighted by atomic mass is 35.5. The second-order valence-corrected chi connectivity index (χ2v) is 10.0. The highest BCUT2D eigenvalue weighted by Gasteiger charge is 2.30. The van der Waals surface area contributed by atoms with Crippen molar-refractivity contribution in [1.29, 1.82) is 0 Å². The number of hydrogen-bond donors (Lipinski definition) is 0. The van der Waals surface area contributed by atoms with E-state index in [1.165, 1.54) is 10.4 Å². The smallest absolute Gasteiger partial charge is 0.252 e. The van der Waals surface area contributed by atoms with Gasteiger partial charge in [0.25, 0.3) is 10.0 Å². The molecule has 0 radical (unpaired) electrons. The number of halogens is 1. The van der Waals surface area contributed by atoms with Gasteiger partial charge in [-0.1, -0.05) is 41.9 Å². The number of ether oxygens (including phenoxy) is 1. The van der Waals surface area contributed by atoms with Crippen molar-refractivity contribution < 1.29 is 17.9 Å². The first kappa shape index (κ1) is 20.3. The molecule has 9 heteroatoms. The van der Waals surface area contributed by atoms with Gasteiger partial charge in [0.15, 0.2) is 0 Å². The fraction of sp³-hybridized carbons (Fsp3) is 0.389. The third-order valence-electron chi connectivity index (χ3n) is 4.31. The van der Waals surface area contributed by atoms with Gasteiger partial charge in [0.1, 0.15) is 4.21 Å². The summed E-state index contributed by atoms with van der Waals surface area (Å²) in [5.41, 5.74) is 1.07. The zero-order valence-corrected chi connectivity index (χ0v) is 17.1. The van der Waals surface area contributed by atoms with Crippen LogP contribution in [0.5, 0.6) is 0 Å². The Hall–Kier alpha value is -1.45. The van der Waals surface area contributed by atoms with Crippen molar-refractivity contribution in [3.63, 3.8) is 0 Å². The first-order valence-corrected chi connectivity index (χ1v) is 11.3. The number of carbonyl (C=O) groups excluding carboxylic acids is 1. The maximum absolute atomic E-state index is 12.6. The standard InChI is InChI=1S/C18H21ClN2O4S2/c19-16-6-7-18(26-16)27(23,24)21-11-9-20(10-12-21)17(22)8-13-25-14-15-4-2-1-3-5-15/h1-7H,8-14H2. The van der Waals surface area contributed by atoms with Crippen LogP contribution in [0.1, 0.15) is 12.0 Å². The predicted molar refractivity (Wildman–Crippen MR) is 105 cm³/mol. The van der Waals surface area contributed by atoms with Gasteiger partial charge in [-0.25, -0.2) is 8.42 Å². The Kier molecular flexibility index (Phi) is 6.88. The van der Waals surface area contributed by atoms with Crippen LogP contribution in [0.15, 0.2) is 46.7 Å². The van der Waals surface area contributed by atoms with Gasteiger partial charge in [-0.2, -0.15) is 4.31 Å². The minimum absolute atomic E-state index is 0.0146. The van der Waals surface area contributed by atoms with Crippen LogP contribution >= 0.6 is 22.9 Å². The summed E-state index contributed by atoms with van der Waals surface area (Å²) in [7, 11) is -3.54. The van der Waals surface area contributed by atoms with E-state index in [9.17, 15) is 13.2 Å². The van der Waals surface area contributed by atoms with E-state index in [2.05, 4.69) is 0 Å². The van der Waals surface area contributed by atoms with E-state index < -0.39 is 10.0 Å². The van der Waals surface area contributed by atoms with E-state index in [0.29, 0.717) is 37.1 Å². The van der Waals surface area contributed by atoms with Gasteiger partial charge in [0, 0.05) is 26.2 Å². The summed E-state index contributed by atoms with van der Waals surface area (Å²) < 4.78 is 32.8. The number of nitrogens with zero attached hydrogens (tertiary/aromatic N) is 2. The first-order chi connectivity index (χ1) is 13.0. The molecule has 3 rings (SSSR count). The van der Waals surface area contributed by atoms with E-state index in [0.717, 1.165) is 16.9 Å². The van der Waals surface area contributed by atoms with Gasteiger partial charge >= 0.3 is 0 Å². The largest absolute Gasteiger partial charge is 0.376 e. The van der Waals surface area contributed by atoms with Crippen LogP contribution in [0.3, 0.4) is 0 Å². The second-order valence-electron chi connectivity index (χ2n) is 6.13. The Balaban J connectivity index is 1.42. The zero-order valence-electron chi connectivity index (χ0n) is 14.7. The molecule has 1 aromatic carbocycles. The molecule has 2 aromatic rings. The molecule has 0 aliphatic carbocycles.